The lowest BCUT2D eigenvalue weighted by Gasteiger charge is -2.28. The molecule has 6 aromatic carbocycles. The van der Waals surface area contributed by atoms with Gasteiger partial charge in [0.1, 0.15) is 0 Å². The lowest BCUT2D eigenvalue weighted by molar-refractivity contribution is -0.0174. The van der Waals surface area contributed by atoms with Crippen molar-refractivity contribution in [1.82, 2.24) is 0 Å². The Morgan fingerprint density at radius 2 is 0.702 bits per heavy atom. The van der Waals surface area contributed by atoms with Crippen LogP contribution < -0.4 is 0 Å². The summed E-state index contributed by atoms with van der Waals surface area (Å²) in [6, 6.07) is 61.3. The van der Waals surface area contributed by atoms with Crippen molar-refractivity contribution in [3.05, 3.63) is 214 Å². The minimum atomic E-state index is -1.23. The van der Waals surface area contributed by atoms with Gasteiger partial charge in [-0.25, -0.2) is 5.11 Å². The number of hydrogen-bond acceptors (Lipinski definition) is 0. The van der Waals surface area contributed by atoms with Gasteiger partial charge in [0, 0.05) is 10.8 Å². The Labute approximate surface area is 278 Å². The first kappa shape index (κ1) is 28.5. The Kier molecular flexibility index (Phi) is 6.63. The van der Waals surface area contributed by atoms with Crippen LogP contribution in [-0.4, -0.2) is 0 Å². The van der Waals surface area contributed by atoms with Crippen LogP contribution in [-0.2, 0) is 21.5 Å². The highest BCUT2D eigenvalue weighted by Crippen LogP contribution is 2.65. The molecule has 2 unspecified atom stereocenters. The summed E-state index contributed by atoms with van der Waals surface area (Å²) in [5.41, 5.74) is 8.68. The molecule has 0 aromatic heterocycles. The molecule has 3 saturated carbocycles. The summed E-state index contributed by atoms with van der Waals surface area (Å²) in [6.45, 7) is 0. The lowest BCUT2D eigenvalue weighted by Crippen LogP contribution is -2.28. The van der Waals surface area contributed by atoms with E-state index in [1.54, 1.807) is 0 Å². The molecule has 0 aliphatic heterocycles. The van der Waals surface area contributed by atoms with Gasteiger partial charge in [-0.2, -0.15) is 0 Å². The molecule has 9 rings (SSSR count). The molecule has 0 bridgehead atoms. The van der Waals surface area contributed by atoms with E-state index in [1.807, 2.05) is 0 Å². The Morgan fingerprint density at radius 3 is 0.979 bits per heavy atom. The molecule has 0 N–H and O–H groups in total. The van der Waals surface area contributed by atoms with Gasteiger partial charge in [-0.15, -0.1) is 0 Å². The topological polar surface area (TPSA) is 19.9 Å². The SMILES string of the molecule is [O]C(c1ccc(C2CC2(c2ccccc2)c2ccccc2)cc1)(c1ccc(C2CC2(c2ccccc2)c2ccccc2)cc1)C1CC1. The molecule has 229 valence electrons. The van der Waals surface area contributed by atoms with Crippen LogP contribution in [0.15, 0.2) is 170 Å². The second-order valence-electron chi connectivity index (χ2n) is 14.2. The van der Waals surface area contributed by atoms with Crippen molar-refractivity contribution in [3.63, 3.8) is 0 Å². The third-order valence-corrected chi connectivity index (χ3v) is 11.7. The van der Waals surface area contributed by atoms with Gasteiger partial charge < -0.3 is 0 Å². The van der Waals surface area contributed by atoms with Crippen LogP contribution in [0.25, 0.3) is 0 Å². The summed E-state index contributed by atoms with van der Waals surface area (Å²) in [5.74, 6) is 0.938. The smallest absolute Gasteiger partial charge is 0.156 e. The molecule has 0 saturated heterocycles. The fraction of sp³-hybridized carbons (Fsp3) is 0.217. The van der Waals surface area contributed by atoms with Gasteiger partial charge in [0.25, 0.3) is 0 Å². The summed E-state index contributed by atoms with van der Waals surface area (Å²) >= 11 is 0. The zero-order valence-corrected chi connectivity index (χ0v) is 26.6. The van der Waals surface area contributed by atoms with Crippen LogP contribution in [0.3, 0.4) is 0 Å². The first-order chi connectivity index (χ1) is 23.1. The Bertz CT molecular complexity index is 1760. The molecule has 0 spiro atoms. The summed E-state index contributed by atoms with van der Waals surface area (Å²) in [7, 11) is 0. The molecule has 6 aromatic rings. The third-order valence-electron chi connectivity index (χ3n) is 11.7. The van der Waals surface area contributed by atoms with Gasteiger partial charge in [0.2, 0.25) is 0 Å². The highest BCUT2D eigenvalue weighted by molar-refractivity contribution is 5.56. The monoisotopic (exact) mass is 607 g/mol. The molecule has 1 nitrogen and oxygen atoms in total. The van der Waals surface area contributed by atoms with Crippen molar-refractivity contribution in [2.45, 2.75) is 54.0 Å². The molecule has 3 aliphatic rings. The van der Waals surface area contributed by atoms with Gasteiger partial charge in [-0.1, -0.05) is 170 Å². The average Bonchev–Trinajstić information content (AvgIpc) is 4.04. The summed E-state index contributed by atoms with van der Waals surface area (Å²) < 4.78 is 0. The summed E-state index contributed by atoms with van der Waals surface area (Å²) in [4.78, 5) is 0. The molecule has 1 radical (unpaired) electrons. The molecule has 3 fully saturated rings. The minimum absolute atomic E-state index is 0.0115. The Balaban J connectivity index is 1.01. The van der Waals surface area contributed by atoms with E-state index in [-0.39, 0.29) is 16.7 Å². The molecular weight excluding hydrogens is 569 g/mol. The molecule has 0 heterocycles. The highest BCUT2D eigenvalue weighted by atomic mass is 16.3. The van der Waals surface area contributed by atoms with Gasteiger partial charge in [-0.3, -0.25) is 0 Å². The van der Waals surface area contributed by atoms with Gasteiger partial charge in [-0.05, 0) is 87.9 Å². The fourth-order valence-electron chi connectivity index (χ4n) is 8.94. The van der Waals surface area contributed by atoms with Crippen molar-refractivity contribution in [3.8, 4) is 0 Å². The summed E-state index contributed by atoms with van der Waals surface area (Å²) in [5, 5.41) is 15.0. The maximum Gasteiger partial charge on any atom is 0.156 e. The van der Waals surface area contributed by atoms with Crippen molar-refractivity contribution in [1.29, 1.82) is 0 Å². The second kappa shape index (κ2) is 10.9. The largest absolute Gasteiger partial charge is 0.219 e. The zero-order chi connectivity index (χ0) is 31.5. The van der Waals surface area contributed by atoms with Crippen molar-refractivity contribution in [2.24, 2.45) is 5.92 Å². The van der Waals surface area contributed by atoms with E-state index in [0.29, 0.717) is 11.8 Å². The normalized spacial score (nSPS) is 21.8. The molecular formula is C46H39O. The van der Waals surface area contributed by atoms with E-state index in [1.165, 1.54) is 33.4 Å². The summed E-state index contributed by atoms with van der Waals surface area (Å²) in [6.07, 6.45) is 4.16. The van der Waals surface area contributed by atoms with Crippen LogP contribution >= 0.6 is 0 Å². The van der Waals surface area contributed by atoms with Crippen molar-refractivity contribution < 1.29 is 5.11 Å². The first-order valence-corrected chi connectivity index (χ1v) is 17.3. The average molecular weight is 608 g/mol. The molecule has 47 heavy (non-hydrogen) atoms. The van der Waals surface area contributed by atoms with E-state index in [4.69, 9.17) is 0 Å². The number of rotatable bonds is 9. The molecule has 2 atom stereocenters. The molecule has 1 heteroatoms. The second-order valence-corrected chi connectivity index (χ2v) is 14.2. The maximum atomic E-state index is 15.0. The van der Waals surface area contributed by atoms with Crippen molar-refractivity contribution >= 4 is 0 Å². The lowest BCUT2D eigenvalue weighted by atomic mass is 9.80. The predicted octanol–water partition coefficient (Wildman–Crippen LogP) is 10.7. The number of hydrogen-bond donors (Lipinski definition) is 0. The van der Waals surface area contributed by atoms with Gasteiger partial charge in [0.05, 0.1) is 0 Å². The van der Waals surface area contributed by atoms with Gasteiger partial charge >= 0.3 is 0 Å². The van der Waals surface area contributed by atoms with Crippen LogP contribution in [0.1, 0.15) is 82.0 Å². The third kappa shape index (κ3) is 4.55. The van der Waals surface area contributed by atoms with E-state index in [2.05, 4.69) is 170 Å². The van der Waals surface area contributed by atoms with Crippen LogP contribution in [0.5, 0.6) is 0 Å². The van der Waals surface area contributed by atoms with Gasteiger partial charge in [0.15, 0.2) is 5.60 Å². The van der Waals surface area contributed by atoms with E-state index in [0.717, 1.165) is 36.8 Å². The van der Waals surface area contributed by atoms with E-state index >= 15 is 5.11 Å². The van der Waals surface area contributed by atoms with Crippen LogP contribution in [0.2, 0.25) is 0 Å². The standard InChI is InChI=1S/C46H39O/c47-46(41-29-30-41,39-25-21-33(22-26-39)42-31-44(42,35-13-5-1-6-14-35)36-15-7-2-8-16-36)40-27-23-34(24-28-40)43-32-45(43,37-17-9-3-10-18-37)38-19-11-4-12-20-38/h1-28,41-43H,29-32H2. The maximum absolute atomic E-state index is 15.0. The number of benzene rings is 6. The van der Waals surface area contributed by atoms with E-state index in [9.17, 15) is 0 Å². The predicted molar refractivity (Wildman–Crippen MR) is 189 cm³/mol. The first-order valence-electron chi connectivity index (χ1n) is 17.3. The Hall–Kier alpha value is -4.72. The molecule has 3 aliphatic carbocycles. The minimum Gasteiger partial charge on any atom is -0.219 e. The Morgan fingerprint density at radius 1 is 0.404 bits per heavy atom. The van der Waals surface area contributed by atoms with Crippen molar-refractivity contribution in [2.75, 3.05) is 0 Å². The fourth-order valence-corrected chi connectivity index (χ4v) is 8.94. The zero-order valence-electron chi connectivity index (χ0n) is 26.6. The van der Waals surface area contributed by atoms with Crippen LogP contribution in [0, 0.1) is 5.92 Å². The highest BCUT2D eigenvalue weighted by Gasteiger charge is 2.58. The quantitative estimate of drug-likeness (QED) is 0.156. The van der Waals surface area contributed by atoms with Crippen LogP contribution in [0.4, 0.5) is 0 Å². The van der Waals surface area contributed by atoms with E-state index < -0.39 is 5.60 Å². The molecule has 0 amide bonds.